The van der Waals surface area contributed by atoms with Crippen LogP contribution in [-0.2, 0) is 23.7 Å². The van der Waals surface area contributed by atoms with Crippen LogP contribution in [-0.4, -0.2) is 140 Å². The standard InChI is InChI=1S/C49H95NO13/c1-3-5-7-9-10-11-12-13-14-15-16-17-18-19-20-21-22-23-24-25-26-27-29-31-33-41(54)50-37(38(53)32-30-28-8-6-4-2)36-60-48-46(59)44(57)47(40(35-52)62-48)63-49-45(58)43(56)42(55)39(34-51)61-49/h37-40,42-49,51-53,55-59H,3-36H2,1-2H3,(H,50,54). The number of aliphatic hydroxyl groups is 8. The first-order valence-corrected chi connectivity index (χ1v) is 25.8. The number of unbranched alkanes of at least 4 members (excludes halogenated alkanes) is 27. The van der Waals surface area contributed by atoms with E-state index in [1.165, 1.54) is 128 Å². The fourth-order valence-corrected chi connectivity index (χ4v) is 8.83. The monoisotopic (exact) mass is 906 g/mol. The summed E-state index contributed by atoms with van der Waals surface area (Å²) in [5.41, 5.74) is 0. The molecule has 0 aromatic heterocycles. The average molecular weight is 906 g/mol. The molecule has 14 heteroatoms. The normalized spacial score (nSPS) is 27.4. The molecular weight excluding hydrogens is 811 g/mol. The number of aliphatic hydroxyl groups excluding tert-OH is 8. The van der Waals surface area contributed by atoms with Gasteiger partial charge in [-0.1, -0.05) is 194 Å². The van der Waals surface area contributed by atoms with Crippen molar-refractivity contribution in [2.75, 3.05) is 19.8 Å². The molecule has 14 nitrogen and oxygen atoms in total. The Morgan fingerprint density at radius 3 is 1.35 bits per heavy atom. The van der Waals surface area contributed by atoms with Crippen LogP contribution in [0.25, 0.3) is 0 Å². The highest BCUT2D eigenvalue weighted by molar-refractivity contribution is 5.76. The Balaban J connectivity index is 1.64. The van der Waals surface area contributed by atoms with Gasteiger partial charge in [0, 0.05) is 6.42 Å². The van der Waals surface area contributed by atoms with Gasteiger partial charge in [-0.3, -0.25) is 4.79 Å². The number of amides is 1. The molecule has 63 heavy (non-hydrogen) atoms. The first-order valence-electron chi connectivity index (χ1n) is 25.8. The fraction of sp³-hybridized carbons (Fsp3) is 0.980. The molecule has 2 aliphatic heterocycles. The first-order chi connectivity index (χ1) is 30.6. The van der Waals surface area contributed by atoms with Crippen LogP contribution < -0.4 is 5.32 Å². The van der Waals surface area contributed by atoms with Crippen LogP contribution in [0.3, 0.4) is 0 Å². The van der Waals surface area contributed by atoms with Gasteiger partial charge < -0.3 is 65.1 Å². The molecule has 0 radical (unpaired) electrons. The van der Waals surface area contributed by atoms with E-state index in [-0.39, 0.29) is 12.5 Å². The molecule has 9 N–H and O–H groups in total. The van der Waals surface area contributed by atoms with Gasteiger partial charge in [0.25, 0.3) is 0 Å². The zero-order valence-corrected chi connectivity index (χ0v) is 39.6. The summed E-state index contributed by atoms with van der Waals surface area (Å²) in [7, 11) is 0. The fourth-order valence-electron chi connectivity index (χ4n) is 8.83. The first kappa shape index (κ1) is 58.1. The zero-order chi connectivity index (χ0) is 46.1. The quantitative estimate of drug-likeness (QED) is 0.0296. The molecule has 2 heterocycles. The molecule has 12 unspecified atom stereocenters. The molecule has 12 atom stereocenters. The molecule has 2 aliphatic rings. The predicted molar refractivity (Wildman–Crippen MR) is 245 cm³/mol. The molecular formula is C49H95NO13. The third-order valence-corrected chi connectivity index (χ3v) is 13.1. The minimum Gasteiger partial charge on any atom is -0.394 e. The van der Waals surface area contributed by atoms with Crippen LogP contribution in [0.5, 0.6) is 0 Å². The number of ether oxygens (including phenoxy) is 4. The number of rotatable bonds is 40. The molecule has 0 spiro atoms. The molecule has 2 rings (SSSR count). The maximum atomic E-state index is 13.1. The van der Waals surface area contributed by atoms with Crippen LogP contribution in [0, 0.1) is 0 Å². The van der Waals surface area contributed by atoms with Crippen LogP contribution in [0.15, 0.2) is 0 Å². The van der Waals surface area contributed by atoms with Crippen molar-refractivity contribution in [2.45, 2.75) is 286 Å². The number of carbonyl (C=O) groups is 1. The Morgan fingerprint density at radius 1 is 0.508 bits per heavy atom. The topological polar surface area (TPSA) is 228 Å². The summed E-state index contributed by atoms with van der Waals surface area (Å²) >= 11 is 0. The van der Waals surface area contributed by atoms with Crippen molar-refractivity contribution in [3.63, 3.8) is 0 Å². The van der Waals surface area contributed by atoms with Gasteiger partial charge >= 0.3 is 0 Å². The minimum atomic E-state index is -1.78. The van der Waals surface area contributed by atoms with Gasteiger partial charge in [-0.15, -0.1) is 0 Å². The summed E-state index contributed by atoms with van der Waals surface area (Å²) < 4.78 is 22.6. The molecule has 0 saturated carbocycles. The highest BCUT2D eigenvalue weighted by Gasteiger charge is 2.51. The molecule has 0 aromatic carbocycles. The summed E-state index contributed by atoms with van der Waals surface area (Å²) in [4.78, 5) is 13.1. The van der Waals surface area contributed by atoms with Gasteiger partial charge in [-0.05, 0) is 12.8 Å². The zero-order valence-electron chi connectivity index (χ0n) is 39.6. The number of hydrogen-bond donors (Lipinski definition) is 9. The van der Waals surface area contributed by atoms with E-state index < -0.39 is 86.8 Å². The van der Waals surface area contributed by atoms with Crippen molar-refractivity contribution < 1.29 is 64.6 Å². The van der Waals surface area contributed by atoms with E-state index in [4.69, 9.17) is 18.9 Å². The van der Waals surface area contributed by atoms with E-state index in [9.17, 15) is 45.6 Å². The largest absolute Gasteiger partial charge is 0.394 e. The van der Waals surface area contributed by atoms with Gasteiger partial charge in [0.05, 0.1) is 32.0 Å². The second-order valence-corrected chi connectivity index (χ2v) is 18.7. The van der Waals surface area contributed by atoms with Crippen LogP contribution in [0.1, 0.15) is 213 Å². The molecule has 2 saturated heterocycles. The number of nitrogens with one attached hydrogen (secondary N) is 1. The van der Waals surface area contributed by atoms with Crippen LogP contribution in [0.4, 0.5) is 0 Å². The van der Waals surface area contributed by atoms with Gasteiger partial charge in [0.15, 0.2) is 12.6 Å². The number of hydrogen-bond acceptors (Lipinski definition) is 13. The Morgan fingerprint density at radius 2 is 0.905 bits per heavy atom. The Bertz CT molecular complexity index is 1070. The maximum Gasteiger partial charge on any atom is 0.220 e. The third kappa shape index (κ3) is 24.5. The molecule has 0 bridgehead atoms. The summed E-state index contributed by atoms with van der Waals surface area (Å²) in [5, 5.41) is 86.3. The van der Waals surface area contributed by atoms with E-state index in [2.05, 4.69) is 19.2 Å². The smallest absolute Gasteiger partial charge is 0.220 e. The lowest BCUT2D eigenvalue weighted by Crippen LogP contribution is -2.65. The number of carbonyl (C=O) groups excluding carboxylic acids is 1. The second-order valence-electron chi connectivity index (χ2n) is 18.7. The molecule has 0 aromatic rings. The van der Waals surface area contributed by atoms with E-state index in [0.29, 0.717) is 12.8 Å². The molecule has 0 aliphatic carbocycles. The summed E-state index contributed by atoms with van der Waals surface area (Å²) in [5.74, 6) is -0.209. The van der Waals surface area contributed by atoms with Crippen molar-refractivity contribution in [3.8, 4) is 0 Å². The van der Waals surface area contributed by atoms with E-state index >= 15 is 0 Å². The summed E-state index contributed by atoms with van der Waals surface area (Å²) in [6, 6.07) is -0.818. The minimum absolute atomic E-state index is 0.209. The SMILES string of the molecule is CCCCCCCCCCCCCCCCCCCCCCCCCCC(=O)NC(COC1OC(CO)C(OC2OC(CO)C(O)C(O)C2O)C(O)C1O)C(O)CCCCCCC. The van der Waals surface area contributed by atoms with Crippen molar-refractivity contribution >= 4 is 5.91 Å². The molecule has 2 fully saturated rings. The van der Waals surface area contributed by atoms with Gasteiger partial charge in [0.1, 0.15) is 48.8 Å². The summed E-state index contributed by atoms with van der Waals surface area (Å²) in [6.07, 6.45) is 20.4. The Hall–Kier alpha value is -1.01. The van der Waals surface area contributed by atoms with Crippen molar-refractivity contribution in [1.82, 2.24) is 5.32 Å². The Labute approximate surface area is 381 Å². The Kier molecular flexibility index (Phi) is 34.2. The van der Waals surface area contributed by atoms with Crippen molar-refractivity contribution in [1.29, 1.82) is 0 Å². The molecule has 374 valence electrons. The lowest BCUT2D eigenvalue weighted by atomic mass is 9.97. The van der Waals surface area contributed by atoms with Gasteiger partial charge in [-0.2, -0.15) is 0 Å². The van der Waals surface area contributed by atoms with E-state index in [1.54, 1.807) is 0 Å². The summed E-state index contributed by atoms with van der Waals surface area (Å²) in [6.45, 7) is 2.77. The molecule has 1 amide bonds. The van der Waals surface area contributed by atoms with Crippen molar-refractivity contribution in [2.24, 2.45) is 0 Å². The van der Waals surface area contributed by atoms with E-state index in [0.717, 1.165) is 57.8 Å². The second kappa shape index (κ2) is 37.0. The third-order valence-electron chi connectivity index (χ3n) is 13.1. The van der Waals surface area contributed by atoms with Gasteiger partial charge in [-0.25, -0.2) is 0 Å². The lowest BCUT2D eigenvalue weighted by molar-refractivity contribution is -0.359. The van der Waals surface area contributed by atoms with Gasteiger partial charge in [0.2, 0.25) is 5.91 Å². The van der Waals surface area contributed by atoms with Crippen molar-refractivity contribution in [3.05, 3.63) is 0 Å². The highest BCUT2D eigenvalue weighted by atomic mass is 16.7. The predicted octanol–water partition coefficient (Wildman–Crippen LogP) is 6.61. The average Bonchev–Trinajstić information content (AvgIpc) is 3.28. The lowest BCUT2D eigenvalue weighted by Gasteiger charge is -2.46. The van der Waals surface area contributed by atoms with Crippen LogP contribution >= 0.6 is 0 Å². The highest BCUT2D eigenvalue weighted by Crippen LogP contribution is 2.30. The van der Waals surface area contributed by atoms with E-state index in [1.807, 2.05) is 0 Å². The van der Waals surface area contributed by atoms with Crippen LogP contribution in [0.2, 0.25) is 0 Å². The maximum absolute atomic E-state index is 13.1.